The molecule has 88 valence electrons. The fourth-order valence-electron chi connectivity index (χ4n) is 1.24. The van der Waals surface area contributed by atoms with E-state index < -0.39 is 5.91 Å². The highest BCUT2D eigenvalue weighted by Crippen LogP contribution is 2.09. The molecule has 0 saturated carbocycles. The molecule has 0 aromatic carbocycles. The quantitative estimate of drug-likeness (QED) is 0.811. The number of aromatic nitrogens is 4. The highest BCUT2D eigenvalue weighted by atomic mass is 16.5. The highest BCUT2D eigenvalue weighted by Gasteiger charge is 2.07. The molecule has 2 heterocycles. The van der Waals surface area contributed by atoms with Crippen molar-refractivity contribution in [2.24, 2.45) is 5.73 Å². The van der Waals surface area contributed by atoms with E-state index in [1.807, 2.05) is 6.92 Å². The predicted molar refractivity (Wildman–Crippen MR) is 58.8 cm³/mol. The Morgan fingerprint density at radius 3 is 2.94 bits per heavy atom. The largest absolute Gasteiger partial charge is 0.477 e. The van der Waals surface area contributed by atoms with Crippen molar-refractivity contribution < 1.29 is 9.53 Å². The van der Waals surface area contributed by atoms with E-state index in [0.717, 1.165) is 0 Å². The van der Waals surface area contributed by atoms with Gasteiger partial charge >= 0.3 is 0 Å². The van der Waals surface area contributed by atoms with Gasteiger partial charge in [-0.3, -0.25) is 9.78 Å². The maximum atomic E-state index is 10.9. The summed E-state index contributed by atoms with van der Waals surface area (Å²) in [5.41, 5.74) is 5.44. The minimum Gasteiger partial charge on any atom is -0.477 e. The molecule has 17 heavy (non-hydrogen) atoms. The van der Waals surface area contributed by atoms with Gasteiger partial charge in [0.2, 0.25) is 5.88 Å². The van der Waals surface area contributed by atoms with Gasteiger partial charge in [0.15, 0.2) is 5.82 Å². The second kappa shape index (κ2) is 4.60. The molecule has 2 aromatic heterocycles. The summed E-state index contributed by atoms with van der Waals surface area (Å²) < 4.78 is 6.63. The Kier molecular flexibility index (Phi) is 2.99. The highest BCUT2D eigenvalue weighted by molar-refractivity contribution is 5.92. The number of primary amides is 1. The van der Waals surface area contributed by atoms with Gasteiger partial charge in [0.1, 0.15) is 0 Å². The number of nitrogens with two attached hydrogens (primary N) is 1. The van der Waals surface area contributed by atoms with Crippen LogP contribution in [0.4, 0.5) is 0 Å². The van der Waals surface area contributed by atoms with Crippen LogP contribution in [0.2, 0.25) is 0 Å². The molecular weight excluding hydrogens is 222 g/mol. The molecule has 7 heteroatoms. The SMILES string of the molecule is CCOc1cncc(-n2cc(C(N)=O)cn2)n1. The van der Waals surface area contributed by atoms with Crippen LogP contribution in [0.25, 0.3) is 5.82 Å². The minimum atomic E-state index is -0.537. The van der Waals surface area contributed by atoms with E-state index in [4.69, 9.17) is 10.5 Å². The standard InChI is InChI=1S/C10H11N5O2/c1-2-17-9-5-12-4-8(14-9)15-6-7(3-13-15)10(11)16/h3-6H,2H2,1H3,(H2,11,16). The van der Waals surface area contributed by atoms with Gasteiger partial charge in [-0.25, -0.2) is 4.68 Å². The number of nitrogens with zero attached hydrogens (tertiary/aromatic N) is 4. The van der Waals surface area contributed by atoms with E-state index in [1.165, 1.54) is 29.5 Å². The first-order valence-electron chi connectivity index (χ1n) is 5.00. The second-order valence-corrected chi connectivity index (χ2v) is 3.19. The Labute approximate surface area is 97.2 Å². The first-order chi connectivity index (χ1) is 8.20. The van der Waals surface area contributed by atoms with Crippen molar-refractivity contribution in [3.63, 3.8) is 0 Å². The summed E-state index contributed by atoms with van der Waals surface area (Å²) in [7, 11) is 0. The summed E-state index contributed by atoms with van der Waals surface area (Å²) in [5.74, 6) is 0.328. The molecule has 0 bridgehead atoms. The number of hydrogen-bond donors (Lipinski definition) is 1. The van der Waals surface area contributed by atoms with Gasteiger partial charge < -0.3 is 10.5 Å². The van der Waals surface area contributed by atoms with E-state index in [2.05, 4.69) is 15.1 Å². The van der Waals surface area contributed by atoms with Gasteiger partial charge in [0.25, 0.3) is 5.91 Å². The van der Waals surface area contributed by atoms with E-state index in [0.29, 0.717) is 23.9 Å². The lowest BCUT2D eigenvalue weighted by Gasteiger charge is -2.03. The number of ether oxygens (including phenoxy) is 1. The van der Waals surface area contributed by atoms with E-state index in [-0.39, 0.29) is 0 Å². The molecule has 2 rings (SSSR count). The van der Waals surface area contributed by atoms with Crippen LogP contribution in [0.3, 0.4) is 0 Å². The summed E-state index contributed by atoms with van der Waals surface area (Å²) in [4.78, 5) is 19.1. The second-order valence-electron chi connectivity index (χ2n) is 3.19. The van der Waals surface area contributed by atoms with E-state index in [9.17, 15) is 4.79 Å². The molecule has 2 aromatic rings. The lowest BCUT2D eigenvalue weighted by molar-refractivity contribution is 0.100. The molecule has 0 radical (unpaired) electrons. The van der Waals surface area contributed by atoms with Crippen molar-refractivity contribution in [3.05, 3.63) is 30.4 Å². The van der Waals surface area contributed by atoms with Crippen LogP contribution < -0.4 is 10.5 Å². The van der Waals surface area contributed by atoms with Crippen molar-refractivity contribution in [2.45, 2.75) is 6.92 Å². The average molecular weight is 233 g/mol. The fourth-order valence-corrected chi connectivity index (χ4v) is 1.24. The molecule has 0 aliphatic heterocycles. The smallest absolute Gasteiger partial charge is 0.251 e. The molecule has 0 unspecified atom stereocenters. The molecule has 7 nitrogen and oxygen atoms in total. The maximum absolute atomic E-state index is 10.9. The topological polar surface area (TPSA) is 95.9 Å². The minimum absolute atomic E-state index is 0.314. The number of hydrogen-bond acceptors (Lipinski definition) is 5. The molecule has 0 aliphatic rings. The monoisotopic (exact) mass is 233 g/mol. The Bertz CT molecular complexity index is 537. The van der Waals surface area contributed by atoms with Crippen LogP contribution in [0.1, 0.15) is 17.3 Å². The number of rotatable bonds is 4. The molecule has 1 amide bonds. The van der Waals surface area contributed by atoms with Crippen molar-refractivity contribution >= 4 is 5.91 Å². The molecular formula is C10H11N5O2. The third-order valence-electron chi connectivity index (χ3n) is 1.99. The lowest BCUT2D eigenvalue weighted by atomic mass is 10.3. The normalized spacial score (nSPS) is 10.2. The van der Waals surface area contributed by atoms with Crippen molar-refractivity contribution in [2.75, 3.05) is 6.61 Å². The molecule has 0 atom stereocenters. The number of amides is 1. The molecule has 0 aliphatic carbocycles. The van der Waals surface area contributed by atoms with Crippen LogP contribution in [0, 0.1) is 0 Å². The number of carbonyl (C=O) groups excluding carboxylic acids is 1. The first-order valence-corrected chi connectivity index (χ1v) is 5.00. The van der Waals surface area contributed by atoms with Crippen molar-refractivity contribution in [3.8, 4) is 11.7 Å². The van der Waals surface area contributed by atoms with E-state index in [1.54, 1.807) is 0 Å². The van der Waals surface area contributed by atoms with Crippen LogP contribution in [0.5, 0.6) is 5.88 Å². The van der Waals surface area contributed by atoms with Crippen molar-refractivity contribution in [1.82, 2.24) is 19.7 Å². The van der Waals surface area contributed by atoms with Gasteiger partial charge in [-0.15, -0.1) is 0 Å². The zero-order valence-corrected chi connectivity index (χ0v) is 9.20. The summed E-state index contributed by atoms with van der Waals surface area (Å²) in [6.45, 7) is 2.36. The third kappa shape index (κ3) is 2.39. The van der Waals surface area contributed by atoms with Gasteiger partial charge in [0, 0.05) is 6.20 Å². The zero-order chi connectivity index (χ0) is 12.3. The summed E-state index contributed by atoms with van der Waals surface area (Å²) >= 11 is 0. The number of carbonyl (C=O) groups is 1. The molecule has 2 N–H and O–H groups in total. The van der Waals surface area contributed by atoms with Gasteiger partial charge in [0.05, 0.1) is 30.8 Å². The first kappa shape index (κ1) is 11.1. The van der Waals surface area contributed by atoms with Crippen LogP contribution >= 0.6 is 0 Å². The maximum Gasteiger partial charge on any atom is 0.251 e. The van der Waals surface area contributed by atoms with E-state index >= 15 is 0 Å². The summed E-state index contributed by atoms with van der Waals surface area (Å²) in [6.07, 6.45) is 5.88. The van der Waals surface area contributed by atoms with Crippen LogP contribution in [-0.4, -0.2) is 32.3 Å². The van der Waals surface area contributed by atoms with Crippen LogP contribution in [0.15, 0.2) is 24.8 Å². The summed E-state index contributed by atoms with van der Waals surface area (Å²) in [5, 5.41) is 3.97. The Balaban J connectivity index is 2.31. The van der Waals surface area contributed by atoms with Gasteiger partial charge in [-0.05, 0) is 6.92 Å². The lowest BCUT2D eigenvalue weighted by Crippen LogP contribution is -2.09. The molecule has 0 spiro atoms. The predicted octanol–water partition coefficient (Wildman–Crippen LogP) is 0.160. The molecule has 0 fully saturated rings. The zero-order valence-electron chi connectivity index (χ0n) is 9.20. The Morgan fingerprint density at radius 2 is 2.29 bits per heavy atom. The Morgan fingerprint density at radius 1 is 1.47 bits per heavy atom. The Hall–Kier alpha value is -2.44. The van der Waals surface area contributed by atoms with Gasteiger partial charge in [-0.1, -0.05) is 0 Å². The van der Waals surface area contributed by atoms with Crippen molar-refractivity contribution in [1.29, 1.82) is 0 Å². The summed E-state index contributed by atoms with van der Waals surface area (Å²) in [6, 6.07) is 0. The third-order valence-corrected chi connectivity index (χ3v) is 1.99. The fraction of sp³-hybridized carbons (Fsp3) is 0.200. The van der Waals surface area contributed by atoms with Crippen LogP contribution in [-0.2, 0) is 0 Å². The average Bonchev–Trinajstić information content (AvgIpc) is 2.79. The van der Waals surface area contributed by atoms with Gasteiger partial charge in [-0.2, -0.15) is 10.1 Å². The molecule has 0 saturated heterocycles.